The number of H-pyrrole nitrogens is 1. The van der Waals surface area contributed by atoms with Crippen LogP contribution in [0.25, 0.3) is 11.0 Å². The van der Waals surface area contributed by atoms with E-state index in [1.54, 1.807) is 6.07 Å². The minimum atomic E-state index is -0.282. The Morgan fingerprint density at radius 2 is 2.31 bits per heavy atom. The number of fused-ring (bicyclic) bond motifs is 1. The number of nitrogens with one attached hydrogen (secondary N) is 1. The number of rotatable bonds is 1. The molecule has 0 saturated carbocycles. The second-order valence-electron chi connectivity index (χ2n) is 3.07. The van der Waals surface area contributed by atoms with Crippen molar-refractivity contribution < 1.29 is 4.39 Å². The van der Waals surface area contributed by atoms with Gasteiger partial charge >= 0.3 is 0 Å². The van der Waals surface area contributed by atoms with Gasteiger partial charge in [0.2, 0.25) is 0 Å². The van der Waals surface area contributed by atoms with Crippen molar-refractivity contribution in [3.05, 3.63) is 29.8 Å². The van der Waals surface area contributed by atoms with Gasteiger partial charge in [-0.2, -0.15) is 0 Å². The number of nitrogens with zero attached hydrogens (tertiary/aromatic N) is 1. The molecule has 2 rings (SSSR count). The molecule has 3 N–H and O–H groups in total. The molecule has 4 heteroatoms. The average Bonchev–Trinajstić information content (AvgIpc) is 2.46. The van der Waals surface area contributed by atoms with Gasteiger partial charge in [-0.15, -0.1) is 0 Å². The Labute approximate surface area is 74.8 Å². The average molecular weight is 179 g/mol. The number of nitrogens with two attached hydrogens (primary N) is 1. The maximum absolute atomic E-state index is 12.8. The highest BCUT2D eigenvalue weighted by Crippen LogP contribution is 2.15. The van der Waals surface area contributed by atoms with E-state index in [1.807, 2.05) is 6.92 Å². The lowest BCUT2D eigenvalue weighted by molar-refractivity contribution is 0.629. The van der Waals surface area contributed by atoms with Crippen molar-refractivity contribution in [2.24, 2.45) is 5.73 Å². The van der Waals surface area contributed by atoms with Crippen LogP contribution in [0.3, 0.4) is 0 Å². The molecule has 13 heavy (non-hydrogen) atoms. The van der Waals surface area contributed by atoms with Crippen molar-refractivity contribution in [2.75, 3.05) is 0 Å². The number of hydrogen-bond donors (Lipinski definition) is 2. The van der Waals surface area contributed by atoms with E-state index in [9.17, 15) is 4.39 Å². The Hall–Kier alpha value is -1.42. The molecule has 68 valence electrons. The number of hydrogen-bond acceptors (Lipinski definition) is 2. The van der Waals surface area contributed by atoms with Crippen molar-refractivity contribution in [2.45, 2.75) is 13.0 Å². The molecule has 0 aliphatic heterocycles. The lowest BCUT2D eigenvalue weighted by atomic mass is 10.3. The molecule has 0 amide bonds. The molecule has 1 atom stereocenters. The molecule has 1 heterocycles. The van der Waals surface area contributed by atoms with E-state index in [2.05, 4.69) is 9.97 Å². The summed E-state index contributed by atoms with van der Waals surface area (Å²) in [5, 5.41) is 0. The third kappa shape index (κ3) is 1.40. The highest BCUT2D eigenvalue weighted by Gasteiger charge is 2.06. The molecule has 0 fully saturated rings. The topological polar surface area (TPSA) is 54.7 Å². The lowest BCUT2D eigenvalue weighted by Crippen LogP contribution is -2.06. The summed E-state index contributed by atoms with van der Waals surface area (Å²) in [6, 6.07) is 4.28. The van der Waals surface area contributed by atoms with Crippen molar-refractivity contribution >= 4 is 11.0 Å². The van der Waals surface area contributed by atoms with Crippen LogP contribution >= 0.6 is 0 Å². The highest BCUT2D eigenvalue weighted by atomic mass is 19.1. The van der Waals surface area contributed by atoms with Crippen molar-refractivity contribution in [3.8, 4) is 0 Å². The highest BCUT2D eigenvalue weighted by molar-refractivity contribution is 5.75. The van der Waals surface area contributed by atoms with Crippen molar-refractivity contribution in [1.29, 1.82) is 0 Å². The third-order valence-electron chi connectivity index (χ3n) is 1.89. The fourth-order valence-electron chi connectivity index (χ4n) is 1.21. The van der Waals surface area contributed by atoms with E-state index < -0.39 is 0 Å². The van der Waals surface area contributed by atoms with E-state index in [1.165, 1.54) is 12.1 Å². The molecule has 0 aliphatic carbocycles. The smallest absolute Gasteiger partial charge is 0.125 e. The first-order valence-corrected chi connectivity index (χ1v) is 4.07. The van der Waals surface area contributed by atoms with Crippen LogP contribution in [0.1, 0.15) is 18.8 Å². The van der Waals surface area contributed by atoms with Crippen LogP contribution in [0.5, 0.6) is 0 Å². The number of halogens is 1. The van der Waals surface area contributed by atoms with Crippen LogP contribution in [0.4, 0.5) is 4.39 Å². The summed E-state index contributed by atoms with van der Waals surface area (Å²) in [5.74, 6) is 0.399. The molecule has 1 aromatic heterocycles. The molecule has 2 aromatic rings. The molecule has 0 bridgehead atoms. The van der Waals surface area contributed by atoms with Gasteiger partial charge in [-0.1, -0.05) is 0 Å². The second kappa shape index (κ2) is 2.81. The number of aromatic amines is 1. The predicted octanol–water partition coefficient (Wildman–Crippen LogP) is 1.72. The minimum absolute atomic E-state index is 0.157. The van der Waals surface area contributed by atoms with Gasteiger partial charge in [0.1, 0.15) is 11.6 Å². The molecule has 3 nitrogen and oxygen atoms in total. The summed E-state index contributed by atoms with van der Waals surface area (Å²) in [6.45, 7) is 1.83. The molecule has 0 saturated heterocycles. The van der Waals surface area contributed by atoms with Gasteiger partial charge in [0.25, 0.3) is 0 Å². The molecule has 0 aliphatic rings. The maximum atomic E-state index is 12.8. The first-order valence-electron chi connectivity index (χ1n) is 4.07. The van der Waals surface area contributed by atoms with Gasteiger partial charge in [0.05, 0.1) is 17.1 Å². The van der Waals surface area contributed by atoms with Gasteiger partial charge in [-0.25, -0.2) is 9.37 Å². The van der Waals surface area contributed by atoms with Crippen LogP contribution in [0.15, 0.2) is 18.2 Å². The zero-order chi connectivity index (χ0) is 9.42. The standard InChI is InChI=1S/C9H10FN3/c1-5(11)9-12-7-3-2-6(10)4-8(7)13-9/h2-5H,11H2,1H3,(H,12,13)/t5-/m0/s1. The predicted molar refractivity (Wildman–Crippen MR) is 48.7 cm³/mol. The van der Waals surface area contributed by atoms with Gasteiger partial charge < -0.3 is 10.7 Å². The summed E-state index contributed by atoms with van der Waals surface area (Å²) in [6.07, 6.45) is 0. The molecular formula is C9H10FN3. The third-order valence-corrected chi connectivity index (χ3v) is 1.89. The van der Waals surface area contributed by atoms with Crippen LogP contribution in [-0.4, -0.2) is 9.97 Å². The largest absolute Gasteiger partial charge is 0.341 e. The van der Waals surface area contributed by atoms with E-state index in [0.717, 1.165) is 5.52 Å². The monoisotopic (exact) mass is 179 g/mol. The first kappa shape index (κ1) is 8.19. The normalized spacial score (nSPS) is 13.5. The quantitative estimate of drug-likeness (QED) is 0.700. The van der Waals surface area contributed by atoms with Crippen molar-refractivity contribution in [1.82, 2.24) is 9.97 Å². The Morgan fingerprint density at radius 1 is 1.54 bits per heavy atom. The van der Waals surface area contributed by atoms with Gasteiger partial charge in [-0.05, 0) is 19.1 Å². The van der Waals surface area contributed by atoms with Crippen LogP contribution in [0.2, 0.25) is 0 Å². The summed E-state index contributed by atoms with van der Waals surface area (Å²) < 4.78 is 12.8. The molecule has 0 radical (unpaired) electrons. The fourth-order valence-corrected chi connectivity index (χ4v) is 1.21. The van der Waals surface area contributed by atoms with E-state index in [0.29, 0.717) is 11.3 Å². The SMILES string of the molecule is C[C@H](N)c1nc2cc(F)ccc2[nH]1. The molecule has 0 spiro atoms. The van der Waals surface area contributed by atoms with Gasteiger partial charge in [0.15, 0.2) is 0 Å². The zero-order valence-electron chi connectivity index (χ0n) is 7.21. The summed E-state index contributed by atoms with van der Waals surface area (Å²) in [4.78, 5) is 7.17. The summed E-state index contributed by atoms with van der Waals surface area (Å²) >= 11 is 0. The van der Waals surface area contributed by atoms with E-state index in [-0.39, 0.29) is 11.9 Å². The van der Waals surface area contributed by atoms with Crippen molar-refractivity contribution in [3.63, 3.8) is 0 Å². The number of imidazole rings is 1. The van der Waals surface area contributed by atoms with Crippen LogP contribution < -0.4 is 5.73 Å². The number of benzene rings is 1. The molecular weight excluding hydrogens is 169 g/mol. The Kier molecular flexibility index (Phi) is 1.77. The second-order valence-corrected chi connectivity index (χ2v) is 3.07. The van der Waals surface area contributed by atoms with E-state index in [4.69, 9.17) is 5.73 Å². The van der Waals surface area contributed by atoms with E-state index >= 15 is 0 Å². The maximum Gasteiger partial charge on any atom is 0.125 e. The minimum Gasteiger partial charge on any atom is -0.341 e. The summed E-state index contributed by atoms with van der Waals surface area (Å²) in [5.41, 5.74) is 7.06. The van der Waals surface area contributed by atoms with Gasteiger partial charge in [0, 0.05) is 6.07 Å². The van der Waals surface area contributed by atoms with Gasteiger partial charge in [-0.3, -0.25) is 0 Å². The fraction of sp³-hybridized carbons (Fsp3) is 0.222. The molecule has 0 unspecified atom stereocenters. The molecule has 1 aromatic carbocycles. The summed E-state index contributed by atoms with van der Waals surface area (Å²) in [7, 11) is 0. The lowest BCUT2D eigenvalue weighted by Gasteiger charge is -1.96. The Balaban J connectivity index is 2.62. The first-order chi connectivity index (χ1) is 6.16. The Morgan fingerprint density at radius 3 is 3.00 bits per heavy atom. The van der Waals surface area contributed by atoms with Crippen LogP contribution in [0, 0.1) is 5.82 Å². The number of aromatic nitrogens is 2. The van der Waals surface area contributed by atoms with Crippen LogP contribution in [-0.2, 0) is 0 Å². The zero-order valence-corrected chi connectivity index (χ0v) is 7.21. The Bertz CT molecular complexity index is 433.